The van der Waals surface area contributed by atoms with E-state index in [1.807, 2.05) is 0 Å². The van der Waals surface area contributed by atoms with Crippen LogP contribution in [0, 0.1) is 5.82 Å². The maximum Gasteiger partial charge on any atom is 0.319 e. The molecule has 1 aromatic heterocycles. The number of carbonyl (C=O) groups excluding carboxylic acids is 2. The van der Waals surface area contributed by atoms with E-state index in [9.17, 15) is 14.0 Å². The van der Waals surface area contributed by atoms with Gasteiger partial charge in [-0.3, -0.25) is 9.48 Å². The first-order valence-corrected chi connectivity index (χ1v) is 7.69. The lowest BCUT2D eigenvalue weighted by molar-refractivity contribution is -0.118. The van der Waals surface area contributed by atoms with Crippen LogP contribution in [0.5, 0.6) is 0 Å². The maximum absolute atomic E-state index is 13.2. The molecule has 1 heterocycles. The summed E-state index contributed by atoms with van der Waals surface area (Å²) < 4.78 is 14.7. The molecule has 8 heteroatoms. The van der Waals surface area contributed by atoms with E-state index in [0.717, 1.165) is 30.5 Å². The van der Waals surface area contributed by atoms with Crippen molar-refractivity contribution in [1.29, 1.82) is 0 Å². The third-order valence-corrected chi connectivity index (χ3v) is 3.84. The van der Waals surface area contributed by atoms with Gasteiger partial charge in [0.05, 0.1) is 11.7 Å². The van der Waals surface area contributed by atoms with Gasteiger partial charge < -0.3 is 16.4 Å². The first-order valence-electron chi connectivity index (χ1n) is 7.69. The lowest BCUT2D eigenvalue weighted by Crippen LogP contribution is -2.34. The molecule has 1 unspecified atom stereocenters. The number of nitrogens with zero attached hydrogens (tertiary/aromatic N) is 2. The molecule has 1 aliphatic carbocycles. The molecule has 7 nitrogen and oxygen atoms in total. The molecule has 1 atom stereocenters. The van der Waals surface area contributed by atoms with E-state index < -0.39 is 17.8 Å². The molecule has 126 valence electrons. The molecule has 1 aromatic carbocycles. The summed E-state index contributed by atoms with van der Waals surface area (Å²) in [6.45, 7) is 0.00914. The molecule has 2 aromatic rings. The van der Waals surface area contributed by atoms with Crippen molar-refractivity contribution < 1.29 is 14.0 Å². The van der Waals surface area contributed by atoms with Gasteiger partial charge in [-0.1, -0.05) is 6.07 Å². The van der Waals surface area contributed by atoms with Crippen molar-refractivity contribution in [3.63, 3.8) is 0 Å². The van der Waals surface area contributed by atoms with Crippen LogP contribution >= 0.6 is 0 Å². The van der Waals surface area contributed by atoms with Gasteiger partial charge in [0.2, 0.25) is 5.91 Å². The number of anilines is 1. The average Bonchev–Trinajstić information content (AvgIpc) is 2.89. The number of benzene rings is 1. The number of hydrogen-bond acceptors (Lipinski definition) is 3. The summed E-state index contributed by atoms with van der Waals surface area (Å²) >= 11 is 0. The number of nitrogens with one attached hydrogen (secondary N) is 2. The summed E-state index contributed by atoms with van der Waals surface area (Å²) in [6.07, 6.45) is 4.29. The van der Waals surface area contributed by atoms with Crippen LogP contribution in [-0.4, -0.2) is 21.7 Å². The van der Waals surface area contributed by atoms with Crippen molar-refractivity contribution in [2.24, 2.45) is 5.73 Å². The summed E-state index contributed by atoms with van der Waals surface area (Å²) in [6, 6.07) is 5.00. The molecule has 0 spiro atoms. The molecule has 4 N–H and O–H groups in total. The second-order valence-corrected chi connectivity index (χ2v) is 5.76. The molecule has 3 amide bonds. The Morgan fingerprint density at radius 1 is 1.42 bits per heavy atom. The minimum atomic E-state index is -0.469. The smallest absolute Gasteiger partial charge is 0.319 e. The van der Waals surface area contributed by atoms with Crippen LogP contribution in [0.4, 0.5) is 14.9 Å². The van der Waals surface area contributed by atoms with Crippen LogP contribution < -0.4 is 16.4 Å². The highest BCUT2D eigenvalue weighted by Crippen LogP contribution is 2.28. The Labute approximate surface area is 138 Å². The third-order valence-electron chi connectivity index (χ3n) is 3.84. The Morgan fingerprint density at radius 3 is 3.00 bits per heavy atom. The van der Waals surface area contributed by atoms with Crippen molar-refractivity contribution in [2.75, 3.05) is 5.32 Å². The maximum atomic E-state index is 13.2. The number of fused-ring (bicyclic) bond motifs is 1. The number of aromatic nitrogens is 2. The summed E-state index contributed by atoms with van der Waals surface area (Å²) in [4.78, 5) is 23.2. The molecule has 3 rings (SSSR count). The van der Waals surface area contributed by atoms with Gasteiger partial charge in [0.15, 0.2) is 0 Å². The molecule has 0 saturated carbocycles. The van der Waals surface area contributed by atoms with Gasteiger partial charge in [-0.15, -0.1) is 0 Å². The molecular formula is C16H18FN5O2. The van der Waals surface area contributed by atoms with Gasteiger partial charge in [-0.05, 0) is 43.0 Å². The van der Waals surface area contributed by atoms with Crippen molar-refractivity contribution >= 4 is 17.6 Å². The zero-order valence-corrected chi connectivity index (χ0v) is 13.0. The van der Waals surface area contributed by atoms with E-state index in [1.54, 1.807) is 12.3 Å². The Balaban J connectivity index is 1.69. The number of urea groups is 1. The highest BCUT2D eigenvalue weighted by atomic mass is 19.1. The zero-order valence-electron chi connectivity index (χ0n) is 13.0. The molecule has 0 aliphatic heterocycles. The van der Waals surface area contributed by atoms with E-state index in [2.05, 4.69) is 15.7 Å². The van der Waals surface area contributed by atoms with Crippen molar-refractivity contribution in [3.8, 4) is 0 Å². The molecule has 1 aliphatic rings. The normalized spacial score (nSPS) is 16.3. The number of aryl methyl sites for hydroxylation is 1. The molecular weight excluding hydrogens is 313 g/mol. The lowest BCUT2D eigenvalue weighted by Gasteiger charge is -2.22. The SMILES string of the molecule is NC(=O)Cn1cc2c(n1)C(NC(=O)Nc1cccc(F)c1)CCC2. The molecule has 0 bridgehead atoms. The topological polar surface area (TPSA) is 102 Å². The number of nitrogens with two attached hydrogens (primary N) is 1. The zero-order chi connectivity index (χ0) is 17.1. The van der Waals surface area contributed by atoms with Gasteiger partial charge in [-0.2, -0.15) is 5.10 Å². The second-order valence-electron chi connectivity index (χ2n) is 5.76. The summed E-state index contributed by atoms with van der Waals surface area (Å²) in [5, 5.41) is 9.81. The van der Waals surface area contributed by atoms with Crippen LogP contribution in [0.2, 0.25) is 0 Å². The van der Waals surface area contributed by atoms with Gasteiger partial charge in [0, 0.05) is 11.9 Å². The van der Waals surface area contributed by atoms with E-state index >= 15 is 0 Å². The number of carbonyl (C=O) groups is 2. The monoisotopic (exact) mass is 331 g/mol. The van der Waals surface area contributed by atoms with E-state index in [1.165, 1.54) is 22.9 Å². The minimum absolute atomic E-state index is 0.00914. The molecule has 0 fully saturated rings. The molecule has 0 radical (unpaired) electrons. The Bertz CT molecular complexity index is 774. The second kappa shape index (κ2) is 6.69. The van der Waals surface area contributed by atoms with Crippen LogP contribution in [0.3, 0.4) is 0 Å². The highest BCUT2D eigenvalue weighted by molar-refractivity contribution is 5.89. The van der Waals surface area contributed by atoms with E-state index in [-0.39, 0.29) is 12.6 Å². The number of hydrogen-bond donors (Lipinski definition) is 3. The average molecular weight is 331 g/mol. The lowest BCUT2D eigenvalue weighted by atomic mass is 9.94. The molecule has 0 saturated heterocycles. The first kappa shape index (κ1) is 16.0. The van der Waals surface area contributed by atoms with Crippen molar-refractivity contribution in [3.05, 3.63) is 47.5 Å². The summed E-state index contributed by atoms with van der Waals surface area (Å²) in [5.74, 6) is -0.888. The van der Waals surface area contributed by atoms with E-state index in [4.69, 9.17) is 5.73 Å². The highest BCUT2D eigenvalue weighted by Gasteiger charge is 2.25. The fourth-order valence-electron chi connectivity index (χ4n) is 2.87. The van der Waals surface area contributed by atoms with Crippen molar-refractivity contribution in [2.45, 2.75) is 31.8 Å². The number of primary amides is 1. The summed E-state index contributed by atoms with van der Waals surface area (Å²) in [7, 11) is 0. The largest absolute Gasteiger partial charge is 0.368 e. The van der Waals surface area contributed by atoms with Gasteiger partial charge in [0.1, 0.15) is 12.4 Å². The Morgan fingerprint density at radius 2 is 2.25 bits per heavy atom. The third kappa shape index (κ3) is 3.70. The fourth-order valence-corrected chi connectivity index (χ4v) is 2.87. The fraction of sp³-hybridized carbons (Fsp3) is 0.312. The van der Waals surface area contributed by atoms with Crippen LogP contribution in [0.1, 0.15) is 30.1 Å². The predicted octanol–water partition coefficient (Wildman–Crippen LogP) is 1.71. The van der Waals surface area contributed by atoms with Gasteiger partial charge in [0.25, 0.3) is 0 Å². The number of rotatable bonds is 4. The summed E-state index contributed by atoms with van der Waals surface area (Å²) in [5.41, 5.74) is 7.31. The standard InChI is InChI=1S/C16H18FN5O2/c17-11-4-2-5-12(7-11)19-16(24)20-13-6-1-3-10-8-22(9-14(18)23)21-15(10)13/h2,4-5,7-8,13H,1,3,6,9H2,(H2,18,23)(H2,19,20,24). The van der Waals surface area contributed by atoms with Gasteiger partial charge >= 0.3 is 6.03 Å². The predicted molar refractivity (Wildman–Crippen MR) is 85.7 cm³/mol. The quantitative estimate of drug-likeness (QED) is 0.794. The van der Waals surface area contributed by atoms with E-state index in [0.29, 0.717) is 5.69 Å². The van der Waals surface area contributed by atoms with Crippen LogP contribution in [0.15, 0.2) is 30.5 Å². The van der Waals surface area contributed by atoms with Crippen LogP contribution in [-0.2, 0) is 17.8 Å². The first-order chi connectivity index (χ1) is 11.5. The van der Waals surface area contributed by atoms with Gasteiger partial charge in [-0.25, -0.2) is 9.18 Å². The van der Waals surface area contributed by atoms with Crippen LogP contribution in [0.25, 0.3) is 0 Å². The van der Waals surface area contributed by atoms with Crippen molar-refractivity contribution in [1.82, 2.24) is 15.1 Å². The number of amides is 3. The number of halogens is 1. The minimum Gasteiger partial charge on any atom is -0.368 e. The Hall–Kier alpha value is -2.90. The molecule has 24 heavy (non-hydrogen) atoms. The Kier molecular flexibility index (Phi) is 4.45.